The van der Waals surface area contributed by atoms with Gasteiger partial charge < -0.3 is 15.0 Å². The van der Waals surface area contributed by atoms with Gasteiger partial charge in [-0.2, -0.15) is 9.50 Å². The standard InChI is InChI=1S/C27H29N5O3/c1-17-3-11-22(12-4-17)28-24(34)16-31-18(2)15-25(35)32-27(31)29-26(30-32)21-7-5-19(6-8-21)20-9-13-23(33)14-10-20/h3-8,11-12,15,20,23,33H,9-10,13-14,16H2,1-2H3,(H,28,34). The zero-order chi connectivity index (χ0) is 24.5. The van der Waals surface area contributed by atoms with Crippen LogP contribution in [0.4, 0.5) is 5.69 Å². The minimum Gasteiger partial charge on any atom is -0.393 e. The van der Waals surface area contributed by atoms with Crippen molar-refractivity contribution in [2.75, 3.05) is 5.32 Å². The third-order valence-corrected chi connectivity index (χ3v) is 6.77. The van der Waals surface area contributed by atoms with Crippen LogP contribution in [0.2, 0.25) is 0 Å². The van der Waals surface area contributed by atoms with Crippen LogP contribution in [0.5, 0.6) is 0 Å². The van der Waals surface area contributed by atoms with Gasteiger partial charge in [-0.15, -0.1) is 5.10 Å². The SMILES string of the molecule is Cc1ccc(NC(=O)Cn2c(C)cc(=O)n3nc(-c4ccc(C5CCC(O)CC5)cc4)nc23)cc1. The van der Waals surface area contributed by atoms with Crippen LogP contribution in [-0.4, -0.2) is 36.3 Å². The molecule has 8 nitrogen and oxygen atoms in total. The summed E-state index contributed by atoms with van der Waals surface area (Å²) < 4.78 is 2.95. The molecule has 2 aromatic carbocycles. The Kier molecular flexibility index (Phi) is 6.21. The topological polar surface area (TPSA) is 102 Å². The van der Waals surface area contributed by atoms with E-state index in [0.29, 0.717) is 28.9 Å². The molecule has 0 bridgehead atoms. The second-order valence-corrected chi connectivity index (χ2v) is 9.40. The third-order valence-electron chi connectivity index (χ3n) is 6.77. The molecule has 1 saturated carbocycles. The molecule has 35 heavy (non-hydrogen) atoms. The van der Waals surface area contributed by atoms with Crippen LogP contribution < -0.4 is 10.9 Å². The van der Waals surface area contributed by atoms with E-state index in [4.69, 9.17) is 0 Å². The summed E-state index contributed by atoms with van der Waals surface area (Å²) in [7, 11) is 0. The van der Waals surface area contributed by atoms with Gasteiger partial charge in [0.25, 0.3) is 5.56 Å². The second kappa shape index (κ2) is 9.46. The van der Waals surface area contributed by atoms with E-state index in [1.54, 1.807) is 11.5 Å². The lowest BCUT2D eigenvalue weighted by Crippen LogP contribution is -2.25. The summed E-state index contributed by atoms with van der Waals surface area (Å²) in [6, 6.07) is 17.2. The van der Waals surface area contributed by atoms with Crippen LogP contribution >= 0.6 is 0 Å². The van der Waals surface area contributed by atoms with Crippen LogP contribution in [0.25, 0.3) is 17.2 Å². The molecule has 180 valence electrons. The van der Waals surface area contributed by atoms with Gasteiger partial charge in [0.15, 0.2) is 5.82 Å². The van der Waals surface area contributed by atoms with Gasteiger partial charge in [-0.1, -0.05) is 42.0 Å². The lowest BCUT2D eigenvalue weighted by molar-refractivity contribution is -0.116. The molecule has 0 radical (unpaired) electrons. The summed E-state index contributed by atoms with van der Waals surface area (Å²) in [4.78, 5) is 30.0. The maximum absolute atomic E-state index is 12.7. The summed E-state index contributed by atoms with van der Waals surface area (Å²) in [5.74, 6) is 1.00. The maximum Gasteiger partial charge on any atom is 0.275 e. The smallest absolute Gasteiger partial charge is 0.275 e. The van der Waals surface area contributed by atoms with Gasteiger partial charge in [0.05, 0.1) is 6.10 Å². The number of hydrogen-bond donors (Lipinski definition) is 2. The molecule has 8 heteroatoms. The molecule has 0 atom stereocenters. The number of hydrogen-bond acceptors (Lipinski definition) is 5. The van der Waals surface area contributed by atoms with Gasteiger partial charge in [-0.3, -0.25) is 9.59 Å². The fourth-order valence-corrected chi connectivity index (χ4v) is 4.71. The van der Waals surface area contributed by atoms with Gasteiger partial charge in [0.1, 0.15) is 6.54 Å². The van der Waals surface area contributed by atoms with Crippen molar-refractivity contribution in [2.24, 2.45) is 0 Å². The lowest BCUT2D eigenvalue weighted by Gasteiger charge is -2.25. The van der Waals surface area contributed by atoms with Crippen molar-refractivity contribution >= 4 is 17.4 Å². The number of nitrogens with one attached hydrogen (secondary N) is 1. The molecule has 4 aromatic rings. The van der Waals surface area contributed by atoms with E-state index in [2.05, 4.69) is 27.5 Å². The first-order valence-corrected chi connectivity index (χ1v) is 12.0. The summed E-state index contributed by atoms with van der Waals surface area (Å²) in [5, 5.41) is 17.1. The van der Waals surface area contributed by atoms with Crippen molar-refractivity contribution in [3.63, 3.8) is 0 Å². The zero-order valence-corrected chi connectivity index (χ0v) is 19.9. The fourth-order valence-electron chi connectivity index (χ4n) is 4.71. The molecule has 0 aliphatic heterocycles. The average Bonchev–Trinajstić information content (AvgIpc) is 3.30. The number of aliphatic hydroxyl groups excluding tert-OH is 1. The number of benzene rings is 2. The number of carbonyl (C=O) groups is 1. The number of aliphatic hydroxyl groups is 1. The predicted octanol–water partition coefficient (Wildman–Crippen LogP) is 3.83. The van der Waals surface area contributed by atoms with E-state index >= 15 is 0 Å². The predicted molar refractivity (Wildman–Crippen MR) is 134 cm³/mol. The molecule has 1 fully saturated rings. The number of rotatable bonds is 5. The van der Waals surface area contributed by atoms with E-state index in [1.807, 2.05) is 43.3 Å². The number of amides is 1. The summed E-state index contributed by atoms with van der Waals surface area (Å²) in [5.41, 5.74) is 4.22. The Morgan fingerprint density at radius 2 is 1.71 bits per heavy atom. The molecular weight excluding hydrogens is 442 g/mol. The van der Waals surface area contributed by atoms with Crippen molar-refractivity contribution in [2.45, 2.75) is 58.1 Å². The quantitative estimate of drug-likeness (QED) is 0.461. The second-order valence-electron chi connectivity index (χ2n) is 9.40. The molecule has 2 heterocycles. The summed E-state index contributed by atoms with van der Waals surface area (Å²) in [6.45, 7) is 3.78. The molecule has 2 N–H and O–H groups in total. The van der Waals surface area contributed by atoms with Crippen molar-refractivity contribution in [3.05, 3.63) is 81.8 Å². The molecule has 0 unspecified atom stereocenters. The monoisotopic (exact) mass is 471 g/mol. The summed E-state index contributed by atoms with van der Waals surface area (Å²) >= 11 is 0. The Morgan fingerprint density at radius 1 is 1.03 bits per heavy atom. The van der Waals surface area contributed by atoms with Gasteiger partial charge in [0, 0.05) is 23.0 Å². The third kappa shape index (κ3) is 4.88. The van der Waals surface area contributed by atoms with Crippen molar-refractivity contribution in [1.29, 1.82) is 0 Å². The van der Waals surface area contributed by atoms with Crippen LogP contribution in [0.15, 0.2) is 59.4 Å². The molecule has 5 rings (SSSR count). The van der Waals surface area contributed by atoms with Crippen molar-refractivity contribution < 1.29 is 9.90 Å². The molecule has 1 amide bonds. The van der Waals surface area contributed by atoms with Crippen molar-refractivity contribution in [3.8, 4) is 11.4 Å². The molecule has 1 aliphatic carbocycles. The van der Waals surface area contributed by atoms with E-state index in [1.165, 1.54) is 16.1 Å². The van der Waals surface area contributed by atoms with Gasteiger partial charge in [-0.25, -0.2) is 0 Å². The minimum atomic E-state index is -0.288. The number of anilines is 1. The fraction of sp³-hybridized carbons (Fsp3) is 0.333. The van der Waals surface area contributed by atoms with Gasteiger partial charge >= 0.3 is 0 Å². The maximum atomic E-state index is 12.7. The highest BCUT2D eigenvalue weighted by Crippen LogP contribution is 2.33. The van der Waals surface area contributed by atoms with Gasteiger partial charge in [-0.05, 0) is 63.1 Å². The normalized spacial score (nSPS) is 18.0. The summed E-state index contributed by atoms with van der Waals surface area (Å²) in [6.07, 6.45) is 3.46. The molecule has 2 aromatic heterocycles. The molecule has 0 saturated heterocycles. The van der Waals surface area contributed by atoms with E-state index in [-0.39, 0.29) is 24.1 Å². The van der Waals surface area contributed by atoms with Crippen LogP contribution in [0, 0.1) is 13.8 Å². The van der Waals surface area contributed by atoms with Crippen LogP contribution in [-0.2, 0) is 11.3 Å². The van der Waals surface area contributed by atoms with E-state index < -0.39 is 0 Å². The minimum absolute atomic E-state index is 0.00803. The largest absolute Gasteiger partial charge is 0.393 e. The van der Waals surface area contributed by atoms with E-state index in [9.17, 15) is 14.7 Å². The van der Waals surface area contributed by atoms with Crippen molar-refractivity contribution in [1.82, 2.24) is 19.2 Å². The number of aryl methyl sites for hydroxylation is 2. The number of carbonyl (C=O) groups excluding carboxylic acids is 1. The van der Waals surface area contributed by atoms with Gasteiger partial charge in [0.2, 0.25) is 11.7 Å². The molecule has 1 aliphatic rings. The number of aromatic nitrogens is 4. The lowest BCUT2D eigenvalue weighted by atomic mass is 9.82. The highest BCUT2D eigenvalue weighted by Gasteiger charge is 2.21. The first-order chi connectivity index (χ1) is 16.9. The van der Waals surface area contributed by atoms with Crippen LogP contribution in [0.1, 0.15) is 48.4 Å². The Bertz CT molecular complexity index is 1410. The Balaban J connectivity index is 1.41. The molecule has 0 spiro atoms. The van der Waals surface area contributed by atoms with E-state index in [0.717, 1.165) is 36.8 Å². The average molecular weight is 472 g/mol. The zero-order valence-electron chi connectivity index (χ0n) is 19.9. The first-order valence-electron chi connectivity index (χ1n) is 12.0. The molecular formula is C27H29N5O3. The first kappa shape index (κ1) is 23.0. The Hall–Kier alpha value is -3.78. The highest BCUT2D eigenvalue weighted by molar-refractivity contribution is 5.90. The highest BCUT2D eigenvalue weighted by atomic mass is 16.3. The Morgan fingerprint density at radius 3 is 2.40 bits per heavy atom. The van der Waals surface area contributed by atoms with Crippen LogP contribution in [0.3, 0.4) is 0 Å². The number of fused-ring (bicyclic) bond motifs is 1. The Labute approximate surface area is 203 Å². The number of nitrogens with zero attached hydrogens (tertiary/aromatic N) is 4.